The van der Waals surface area contributed by atoms with Gasteiger partial charge in [0.1, 0.15) is 6.04 Å². The highest BCUT2D eigenvalue weighted by atomic mass is 16.2. The molecule has 0 aliphatic heterocycles. The van der Waals surface area contributed by atoms with E-state index in [2.05, 4.69) is 15.6 Å². The number of carbonyl (C=O) groups is 2. The van der Waals surface area contributed by atoms with Gasteiger partial charge in [0.2, 0.25) is 5.91 Å². The van der Waals surface area contributed by atoms with Crippen molar-refractivity contribution in [2.45, 2.75) is 26.8 Å². The second-order valence-electron chi connectivity index (χ2n) is 4.00. The van der Waals surface area contributed by atoms with Gasteiger partial charge >= 0.3 is 0 Å². The number of hydrogen-bond acceptors (Lipinski definition) is 4. The van der Waals surface area contributed by atoms with Crippen LogP contribution >= 0.6 is 0 Å². The third-order valence-corrected chi connectivity index (χ3v) is 2.41. The molecule has 0 aromatic carbocycles. The molecule has 6 nitrogen and oxygen atoms in total. The minimum atomic E-state index is -0.613. The Labute approximate surface area is 106 Å². The van der Waals surface area contributed by atoms with Crippen molar-refractivity contribution in [3.05, 3.63) is 23.5 Å². The lowest BCUT2D eigenvalue weighted by molar-refractivity contribution is -0.122. The van der Waals surface area contributed by atoms with Crippen LogP contribution in [0.3, 0.4) is 0 Å². The first-order chi connectivity index (χ1) is 8.45. The number of pyridine rings is 1. The topological polar surface area (TPSA) is 97.1 Å². The van der Waals surface area contributed by atoms with Crippen molar-refractivity contribution in [1.29, 1.82) is 0 Å². The number of rotatable bonds is 4. The fourth-order valence-electron chi connectivity index (χ4n) is 1.44. The molecule has 6 heteroatoms. The number of anilines is 1. The zero-order valence-corrected chi connectivity index (χ0v) is 10.8. The molecule has 1 atom stereocenters. The van der Waals surface area contributed by atoms with Crippen LogP contribution in [-0.4, -0.2) is 29.4 Å². The van der Waals surface area contributed by atoms with Gasteiger partial charge in [-0.3, -0.25) is 14.6 Å². The average Bonchev–Trinajstić information content (AvgIpc) is 2.28. The Hall–Kier alpha value is -2.11. The van der Waals surface area contributed by atoms with Crippen molar-refractivity contribution in [1.82, 2.24) is 15.6 Å². The lowest BCUT2D eigenvalue weighted by atomic mass is 10.2. The van der Waals surface area contributed by atoms with Crippen LogP contribution in [0.25, 0.3) is 0 Å². The molecule has 0 saturated carbocycles. The van der Waals surface area contributed by atoms with E-state index in [0.717, 1.165) is 5.69 Å². The standard InChI is InChI=1S/C12H18N4O2/c1-4-14-11(17)8(3)16-12(18)9-6-15-7(2)5-10(9)13/h5-6,8H,4H2,1-3H3,(H2,13,15)(H,14,17)(H,16,18). The molecular formula is C12H18N4O2. The average molecular weight is 250 g/mol. The number of nitrogens with zero attached hydrogens (tertiary/aromatic N) is 1. The molecule has 4 N–H and O–H groups in total. The maximum absolute atomic E-state index is 11.9. The van der Waals surface area contributed by atoms with Crippen LogP contribution in [0.2, 0.25) is 0 Å². The summed E-state index contributed by atoms with van der Waals surface area (Å²) in [6, 6.07) is 1.00. The van der Waals surface area contributed by atoms with E-state index in [1.807, 2.05) is 6.92 Å². The maximum atomic E-state index is 11.9. The summed E-state index contributed by atoms with van der Waals surface area (Å²) in [5, 5.41) is 5.20. The van der Waals surface area contributed by atoms with Gasteiger partial charge in [-0.05, 0) is 26.8 Å². The summed E-state index contributed by atoms with van der Waals surface area (Å²) >= 11 is 0. The highest BCUT2D eigenvalue weighted by Crippen LogP contribution is 2.11. The molecule has 0 aliphatic carbocycles. The second-order valence-corrected chi connectivity index (χ2v) is 4.00. The van der Waals surface area contributed by atoms with E-state index < -0.39 is 11.9 Å². The molecule has 1 heterocycles. The van der Waals surface area contributed by atoms with Crippen molar-refractivity contribution in [2.75, 3.05) is 12.3 Å². The van der Waals surface area contributed by atoms with Gasteiger partial charge in [-0.15, -0.1) is 0 Å². The zero-order valence-electron chi connectivity index (χ0n) is 10.8. The highest BCUT2D eigenvalue weighted by Gasteiger charge is 2.17. The summed E-state index contributed by atoms with van der Waals surface area (Å²) < 4.78 is 0. The Kier molecular flexibility index (Phi) is 4.65. The van der Waals surface area contributed by atoms with Gasteiger partial charge in [-0.2, -0.15) is 0 Å². The van der Waals surface area contributed by atoms with Crippen molar-refractivity contribution < 1.29 is 9.59 Å². The predicted molar refractivity (Wildman–Crippen MR) is 69.0 cm³/mol. The van der Waals surface area contributed by atoms with E-state index in [1.54, 1.807) is 19.9 Å². The van der Waals surface area contributed by atoms with Gasteiger partial charge in [0.25, 0.3) is 5.91 Å². The summed E-state index contributed by atoms with van der Waals surface area (Å²) in [7, 11) is 0. The van der Waals surface area contributed by atoms with E-state index in [4.69, 9.17) is 5.73 Å². The SMILES string of the molecule is CCNC(=O)C(C)NC(=O)c1cnc(C)cc1N. The van der Waals surface area contributed by atoms with E-state index in [9.17, 15) is 9.59 Å². The number of aromatic nitrogens is 1. The molecule has 1 unspecified atom stereocenters. The van der Waals surface area contributed by atoms with E-state index >= 15 is 0 Å². The Morgan fingerprint density at radius 1 is 1.50 bits per heavy atom. The van der Waals surface area contributed by atoms with Gasteiger partial charge in [0, 0.05) is 24.1 Å². The third-order valence-electron chi connectivity index (χ3n) is 2.41. The van der Waals surface area contributed by atoms with Crippen LogP contribution in [0.4, 0.5) is 5.69 Å². The molecule has 2 amide bonds. The first-order valence-corrected chi connectivity index (χ1v) is 5.76. The number of nitrogens with one attached hydrogen (secondary N) is 2. The number of amides is 2. The van der Waals surface area contributed by atoms with Crippen LogP contribution in [-0.2, 0) is 4.79 Å². The number of nitrogen functional groups attached to an aromatic ring is 1. The van der Waals surface area contributed by atoms with Crippen LogP contribution in [0.15, 0.2) is 12.3 Å². The minimum absolute atomic E-state index is 0.232. The number of likely N-dealkylation sites (N-methyl/N-ethyl adjacent to an activating group) is 1. The summed E-state index contributed by atoms with van der Waals surface area (Å²) in [5.74, 6) is -0.636. The normalized spacial score (nSPS) is 11.7. The first kappa shape index (κ1) is 14.0. The zero-order chi connectivity index (χ0) is 13.7. The Bertz CT molecular complexity index is 459. The molecule has 98 valence electrons. The van der Waals surface area contributed by atoms with E-state index in [0.29, 0.717) is 12.2 Å². The maximum Gasteiger partial charge on any atom is 0.255 e. The van der Waals surface area contributed by atoms with Crippen molar-refractivity contribution in [3.63, 3.8) is 0 Å². The number of aryl methyl sites for hydroxylation is 1. The number of nitrogens with two attached hydrogens (primary N) is 1. The predicted octanol–water partition coefficient (Wildman–Crippen LogP) is 0.227. The Morgan fingerprint density at radius 2 is 2.17 bits per heavy atom. The lowest BCUT2D eigenvalue weighted by Gasteiger charge is -2.14. The molecule has 18 heavy (non-hydrogen) atoms. The largest absolute Gasteiger partial charge is 0.398 e. The first-order valence-electron chi connectivity index (χ1n) is 5.76. The van der Waals surface area contributed by atoms with E-state index in [-0.39, 0.29) is 11.5 Å². The molecule has 0 fully saturated rings. The summed E-state index contributed by atoms with van der Waals surface area (Å²) in [4.78, 5) is 27.4. The molecule has 0 aliphatic rings. The summed E-state index contributed by atoms with van der Waals surface area (Å²) in [6.07, 6.45) is 1.41. The van der Waals surface area contributed by atoms with Crippen molar-refractivity contribution in [2.24, 2.45) is 0 Å². The summed E-state index contributed by atoms with van der Waals surface area (Å²) in [6.45, 7) is 5.73. The number of carbonyl (C=O) groups excluding carboxylic acids is 2. The molecule has 0 spiro atoms. The molecule has 1 aromatic heterocycles. The van der Waals surface area contributed by atoms with Crippen LogP contribution in [0.5, 0.6) is 0 Å². The summed E-state index contributed by atoms with van der Waals surface area (Å²) in [5.41, 5.74) is 7.09. The number of hydrogen-bond donors (Lipinski definition) is 3. The smallest absolute Gasteiger partial charge is 0.255 e. The minimum Gasteiger partial charge on any atom is -0.398 e. The van der Waals surface area contributed by atoms with E-state index in [1.165, 1.54) is 6.20 Å². The van der Waals surface area contributed by atoms with Gasteiger partial charge in [-0.25, -0.2) is 0 Å². The molecule has 0 radical (unpaired) electrons. The van der Waals surface area contributed by atoms with Crippen LogP contribution in [0, 0.1) is 6.92 Å². The van der Waals surface area contributed by atoms with Crippen molar-refractivity contribution >= 4 is 17.5 Å². The Balaban J connectivity index is 2.73. The fraction of sp³-hybridized carbons (Fsp3) is 0.417. The third kappa shape index (κ3) is 3.44. The molecule has 1 aromatic rings. The monoisotopic (exact) mass is 250 g/mol. The second kappa shape index (κ2) is 6.00. The van der Waals surface area contributed by atoms with Crippen molar-refractivity contribution in [3.8, 4) is 0 Å². The van der Waals surface area contributed by atoms with Crippen LogP contribution in [0.1, 0.15) is 29.9 Å². The molecule has 1 rings (SSSR count). The molecule has 0 saturated heterocycles. The molecule has 0 bridgehead atoms. The van der Waals surface area contributed by atoms with Gasteiger partial charge in [-0.1, -0.05) is 0 Å². The quantitative estimate of drug-likeness (QED) is 0.712. The van der Waals surface area contributed by atoms with Gasteiger partial charge < -0.3 is 16.4 Å². The molecular weight excluding hydrogens is 232 g/mol. The highest BCUT2D eigenvalue weighted by molar-refractivity contribution is 6.01. The van der Waals surface area contributed by atoms with Gasteiger partial charge in [0.15, 0.2) is 0 Å². The van der Waals surface area contributed by atoms with Crippen LogP contribution < -0.4 is 16.4 Å². The van der Waals surface area contributed by atoms with Gasteiger partial charge in [0.05, 0.1) is 5.56 Å². The fourth-order valence-corrected chi connectivity index (χ4v) is 1.44. The Morgan fingerprint density at radius 3 is 2.72 bits per heavy atom. The lowest BCUT2D eigenvalue weighted by Crippen LogP contribution is -2.44.